The number of nitrogens with one attached hydrogen (secondary N) is 1. The normalized spacial score (nSPS) is 10.6. The lowest BCUT2D eigenvalue weighted by molar-refractivity contribution is 0.0955. The monoisotopic (exact) mass is 322 g/mol. The van der Waals surface area contributed by atoms with Crippen LogP contribution < -0.4 is 10.2 Å². The van der Waals surface area contributed by atoms with Crippen molar-refractivity contribution in [3.8, 4) is 5.75 Å². The van der Waals surface area contributed by atoms with Crippen molar-refractivity contribution in [3.05, 3.63) is 63.6 Å². The topological polar surface area (TPSA) is 50.7 Å². The Morgan fingerprint density at radius 2 is 1.95 bits per heavy atom. The Labute approximate surface area is 132 Å². The van der Waals surface area contributed by atoms with Crippen molar-refractivity contribution in [2.45, 2.75) is 0 Å². The van der Waals surface area contributed by atoms with Gasteiger partial charge in [-0.3, -0.25) is 4.79 Å². The van der Waals surface area contributed by atoms with Gasteiger partial charge in [0.25, 0.3) is 5.91 Å². The number of rotatable bonds is 4. The van der Waals surface area contributed by atoms with Crippen LogP contribution in [0.2, 0.25) is 10.0 Å². The predicted molar refractivity (Wildman–Crippen MR) is 84.5 cm³/mol. The second-order valence-corrected chi connectivity index (χ2v) is 4.92. The van der Waals surface area contributed by atoms with Crippen LogP contribution in [0.4, 0.5) is 0 Å². The number of carbonyl (C=O) groups is 1. The van der Waals surface area contributed by atoms with Crippen molar-refractivity contribution in [1.29, 1.82) is 0 Å². The number of halogens is 2. The molecule has 6 heteroatoms. The van der Waals surface area contributed by atoms with Crippen molar-refractivity contribution in [1.82, 2.24) is 5.43 Å². The van der Waals surface area contributed by atoms with Crippen molar-refractivity contribution in [3.63, 3.8) is 0 Å². The van der Waals surface area contributed by atoms with Gasteiger partial charge in [0.05, 0.1) is 18.3 Å². The maximum atomic E-state index is 11.8. The molecule has 2 aromatic carbocycles. The van der Waals surface area contributed by atoms with Crippen LogP contribution in [0.3, 0.4) is 0 Å². The van der Waals surface area contributed by atoms with E-state index in [-0.39, 0.29) is 5.91 Å². The summed E-state index contributed by atoms with van der Waals surface area (Å²) in [5, 5.41) is 4.72. The Hall–Kier alpha value is -2.04. The van der Waals surface area contributed by atoms with E-state index >= 15 is 0 Å². The molecule has 0 saturated carbocycles. The summed E-state index contributed by atoms with van der Waals surface area (Å²) < 4.78 is 5.18. The molecule has 0 spiro atoms. The summed E-state index contributed by atoms with van der Waals surface area (Å²) in [7, 11) is 1.50. The fourth-order valence-electron chi connectivity index (χ4n) is 1.71. The highest BCUT2D eigenvalue weighted by molar-refractivity contribution is 6.36. The maximum absolute atomic E-state index is 11.8. The SMILES string of the molecule is COc1c(Cl)cc(Cl)cc1/C=N/NC(=O)c1ccccc1. The van der Waals surface area contributed by atoms with Crippen LogP contribution in [0.15, 0.2) is 47.6 Å². The van der Waals surface area contributed by atoms with Gasteiger partial charge in [0.15, 0.2) is 0 Å². The molecule has 0 aliphatic rings. The number of carbonyl (C=O) groups excluding carboxylic acids is 1. The number of nitrogens with zero attached hydrogens (tertiary/aromatic N) is 1. The molecule has 2 aromatic rings. The summed E-state index contributed by atoms with van der Waals surface area (Å²) in [4.78, 5) is 11.8. The molecule has 0 atom stereocenters. The fourth-order valence-corrected chi connectivity index (χ4v) is 2.29. The molecule has 4 nitrogen and oxygen atoms in total. The third-order valence-corrected chi connectivity index (χ3v) is 3.15. The molecule has 1 amide bonds. The Morgan fingerprint density at radius 3 is 2.62 bits per heavy atom. The Kier molecular flexibility index (Phi) is 5.20. The standard InChI is InChI=1S/C15H12Cl2N2O2/c1-21-14-11(7-12(16)8-13(14)17)9-18-19-15(20)10-5-3-2-4-6-10/h2-9H,1H3,(H,19,20)/b18-9+. The van der Waals surface area contributed by atoms with Gasteiger partial charge in [-0.15, -0.1) is 0 Å². The summed E-state index contributed by atoms with van der Waals surface area (Å²) in [6.45, 7) is 0. The lowest BCUT2D eigenvalue weighted by Crippen LogP contribution is -2.17. The molecule has 1 N–H and O–H groups in total. The minimum atomic E-state index is -0.307. The zero-order chi connectivity index (χ0) is 15.2. The summed E-state index contributed by atoms with van der Waals surface area (Å²) in [6, 6.07) is 12.0. The molecule has 0 heterocycles. The third kappa shape index (κ3) is 3.97. The van der Waals surface area contributed by atoms with Crippen LogP contribution >= 0.6 is 23.2 Å². The van der Waals surface area contributed by atoms with E-state index in [9.17, 15) is 4.79 Å². The van der Waals surface area contributed by atoms with Gasteiger partial charge in [-0.05, 0) is 24.3 Å². The zero-order valence-corrected chi connectivity index (χ0v) is 12.7. The Balaban J connectivity index is 2.13. The minimum Gasteiger partial charge on any atom is -0.495 e. The van der Waals surface area contributed by atoms with Crippen LogP contribution in [0.25, 0.3) is 0 Å². The summed E-state index contributed by atoms with van der Waals surface area (Å²) >= 11 is 11.9. The lowest BCUT2D eigenvalue weighted by atomic mass is 10.2. The lowest BCUT2D eigenvalue weighted by Gasteiger charge is -2.07. The van der Waals surface area contributed by atoms with Gasteiger partial charge in [0, 0.05) is 16.1 Å². The van der Waals surface area contributed by atoms with Crippen LogP contribution in [0, 0.1) is 0 Å². The first-order chi connectivity index (χ1) is 10.1. The molecular weight excluding hydrogens is 311 g/mol. The molecule has 0 saturated heterocycles. The average Bonchev–Trinajstić information content (AvgIpc) is 2.47. The van der Waals surface area contributed by atoms with Crippen LogP contribution in [0.1, 0.15) is 15.9 Å². The van der Waals surface area contributed by atoms with Crippen molar-refractivity contribution >= 4 is 35.3 Å². The van der Waals surface area contributed by atoms with Gasteiger partial charge in [-0.25, -0.2) is 5.43 Å². The molecule has 0 fully saturated rings. The first kappa shape index (κ1) is 15.4. The van der Waals surface area contributed by atoms with E-state index in [0.29, 0.717) is 26.9 Å². The molecular formula is C15H12Cl2N2O2. The van der Waals surface area contributed by atoms with Crippen molar-refractivity contribution in [2.75, 3.05) is 7.11 Å². The summed E-state index contributed by atoms with van der Waals surface area (Å²) in [5.41, 5.74) is 3.52. The number of ether oxygens (including phenoxy) is 1. The number of methoxy groups -OCH3 is 1. The Bertz CT molecular complexity index is 673. The van der Waals surface area contributed by atoms with E-state index < -0.39 is 0 Å². The van der Waals surface area contributed by atoms with Crippen molar-refractivity contribution < 1.29 is 9.53 Å². The van der Waals surface area contributed by atoms with Crippen LogP contribution in [-0.4, -0.2) is 19.2 Å². The van der Waals surface area contributed by atoms with Gasteiger partial charge >= 0.3 is 0 Å². The number of hydrogen-bond donors (Lipinski definition) is 1. The average molecular weight is 323 g/mol. The zero-order valence-electron chi connectivity index (χ0n) is 11.1. The van der Waals surface area contributed by atoms with Crippen LogP contribution in [0.5, 0.6) is 5.75 Å². The molecule has 0 aromatic heterocycles. The van der Waals surface area contributed by atoms with E-state index in [4.69, 9.17) is 27.9 Å². The van der Waals surface area contributed by atoms with Gasteiger partial charge in [-0.2, -0.15) is 5.10 Å². The summed E-state index contributed by atoms with van der Waals surface area (Å²) in [6.07, 6.45) is 1.43. The first-order valence-corrected chi connectivity index (χ1v) is 6.79. The molecule has 2 rings (SSSR count). The molecule has 0 radical (unpaired) electrons. The molecule has 0 aliphatic heterocycles. The predicted octanol–water partition coefficient (Wildman–Crippen LogP) is 3.77. The third-order valence-electron chi connectivity index (χ3n) is 2.65. The van der Waals surface area contributed by atoms with E-state index in [1.807, 2.05) is 6.07 Å². The van der Waals surface area contributed by atoms with Gasteiger partial charge < -0.3 is 4.74 Å². The molecule has 0 bridgehead atoms. The first-order valence-electron chi connectivity index (χ1n) is 6.03. The second kappa shape index (κ2) is 7.11. The van der Waals surface area contributed by atoms with E-state index in [1.165, 1.54) is 13.3 Å². The summed E-state index contributed by atoms with van der Waals surface area (Å²) in [5.74, 6) is 0.137. The molecule has 108 valence electrons. The van der Waals surface area contributed by atoms with E-state index in [2.05, 4.69) is 10.5 Å². The highest BCUT2D eigenvalue weighted by Crippen LogP contribution is 2.30. The number of benzene rings is 2. The van der Waals surface area contributed by atoms with E-state index in [1.54, 1.807) is 36.4 Å². The number of hydrazone groups is 1. The number of amides is 1. The van der Waals surface area contributed by atoms with Gasteiger partial charge in [0.2, 0.25) is 0 Å². The highest BCUT2D eigenvalue weighted by atomic mass is 35.5. The molecule has 0 aliphatic carbocycles. The highest BCUT2D eigenvalue weighted by Gasteiger charge is 2.08. The maximum Gasteiger partial charge on any atom is 0.271 e. The molecule has 21 heavy (non-hydrogen) atoms. The van der Waals surface area contributed by atoms with Crippen LogP contribution in [-0.2, 0) is 0 Å². The van der Waals surface area contributed by atoms with E-state index in [0.717, 1.165) is 0 Å². The molecule has 0 unspecified atom stereocenters. The minimum absolute atomic E-state index is 0.307. The quantitative estimate of drug-likeness (QED) is 0.688. The van der Waals surface area contributed by atoms with Gasteiger partial charge in [-0.1, -0.05) is 41.4 Å². The Morgan fingerprint density at radius 1 is 1.24 bits per heavy atom. The largest absolute Gasteiger partial charge is 0.495 e. The smallest absolute Gasteiger partial charge is 0.271 e. The second-order valence-electron chi connectivity index (χ2n) is 4.08. The van der Waals surface area contributed by atoms with Crippen molar-refractivity contribution in [2.24, 2.45) is 5.10 Å². The number of hydrogen-bond acceptors (Lipinski definition) is 3. The fraction of sp³-hybridized carbons (Fsp3) is 0.0667. The van der Waals surface area contributed by atoms with Gasteiger partial charge in [0.1, 0.15) is 5.75 Å².